The van der Waals surface area contributed by atoms with Gasteiger partial charge in [-0.3, -0.25) is 0 Å². The summed E-state index contributed by atoms with van der Waals surface area (Å²) in [4.78, 5) is 15.1. The minimum absolute atomic E-state index is 0. The Morgan fingerprint density at radius 3 is 2.47 bits per heavy atom. The predicted octanol–water partition coefficient (Wildman–Crippen LogP) is 1.15. The first kappa shape index (κ1) is 14.5. The molecule has 1 atom stereocenters. The Morgan fingerprint density at radius 2 is 2.07 bits per heavy atom. The van der Waals surface area contributed by atoms with E-state index in [0.29, 0.717) is 0 Å². The van der Waals surface area contributed by atoms with Crippen LogP contribution in [0.4, 0.5) is 4.79 Å². The van der Waals surface area contributed by atoms with Crippen molar-refractivity contribution in [2.45, 2.75) is 26.3 Å². The summed E-state index contributed by atoms with van der Waals surface area (Å²) in [6, 6.07) is -0.0659. The summed E-state index contributed by atoms with van der Waals surface area (Å²) in [6.45, 7) is 6.42. The third-order valence-electron chi connectivity index (χ3n) is 3.18. The van der Waals surface area contributed by atoms with Crippen LogP contribution in [0, 0.1) is 5.41 Å². The van der Waals surface area contributed by atoms with Crippen molar-refractivity contribution < 1.29 is 4.79 Å². The van der Waals surface area contributed by atoms with E-state index in [0.717, 1.165) is 19.5 Å². The van der Waals surface area contributed by atoms with Crippen LogP contribution in [0.15, 0.2) is 0 Å². The van der Waals surface area contributed by atoms with Crippen molar-refractivity contribution in [3.05, 3.63) is 0 Å². The molecule has 1 unspecified atom stereocenters. The standard InChI is InChI=1S/C10H21N3O.ClH/c1-10(2)7-12(3)6-5-8(10)13(4)9(11)14;/h8H,5-7H2,1-4H3,(H2,11,14);1H. The van der Waals surface area contributed by atoms with Gasteiger partial charge in [0.1, 0.15) is 0 Å². The van der Waals surface area contributed by atoms with Gasteiger partial charge in [-0.2, -0.15) is 0 Å². The summed E-state index contributed by atoms with van der Waals surface area (Å²) >= 11 is 0. The summed E-state index contributed by atoms with van der Waals surface area (Å²) in [5.41, 5.74) is 5.42. The average molecular weight is 236 g/mol. The van der Waals surface area contributed by atoms with Crippen molar-refractivity contribution >= 4 is 18.4 Å². The first-order chi connectivity index (χ1) is 6.34. The van der Waals surface area contributed by atoms with E-state index in [9.17, 15) is 4.79 Å². The van der Waals surface area contributed by atoms with Crippen LogP contribution in [0.5, 0.6) is 0 Å². The molecule has 4 nitrogen and oxygen atoms in total. The monoisotopic (exact) mass is 235 g/mol. The summed E-state index contributed by atoms with van der Waals surface area (Å²) in [5, 5.41) is 0. The second kappa shape index (κ2) is 5.03. The van der Waals surface area contributed by atoms with E-state index >= 15 is 0 Å². The fourth-order valence-electron chi connectivity index (χ4n) is 2.48. The third-order valence-corrected chi connectivity index (χ3v) is 3.18. The summed E-state index contributed by atoms with van der Waals surface area (Å²) in [5.74, 6) is 0. The Morgan fingerprint density at radius 1 is 1.53 bits per heavy atom. The number of nitrogens with two attached hydrogens (primary N) is 1. The quantitative estimate of drug-likeness (QED) is 0.741. The number of carbonyl (C=O) groups is 1. The maximum atomic E-state index is 11.1. The van der Waals surface area contributed by atoms with Crippen LogP contribution < -0.4 is 5.73 Å². The molecular formula is C10H22ClN3O. The van der Waals surface area contributed by atoms with Crippen LogP contribution in [-0.4, -0.2) is 49.1 Å². The molecule has 0 bridgehead atoms. The van der Waals surface area contributed by atoms with Crippen LogP contribution in [0.3, 0.4) is 0 Å². The highest BCUT2D eigenvalue weighted by atomic mass is 35.5. The van der Waals surface area contributed by atoms with Gasteiger partial charge in [-0.1, -0.05) is 13.8 Å². The lowest BCUT2D eigenvalue weighted by Crippen LogP contribution is -2.56. The molecule has 15 heavy (non-hydrogen) atoms. The van der Waals surface area contributed by atoms with E-state index < -0.39 is 0 Å². The van der Waals surface area contributed by atoms with Crippen molar-refractivity contribution in [1.29, 1.82) is 0 Å². The van der Waals surface area contributed by atoms with Gasteiger partial charge in [0, 0.05) is 19.6 Å². The van der Waals surface area contributed by atoms with E-state index in [1.807, 2.05) is 0 Å². The Balaban J connectivity index is 0.00000196. The molecule has 1 fully saturated rings. The molecule has 5 heteroatoms. The molecule has 1 aliphatic heterocycles. The van der Waals surface area contributed by atoms with Gasteiger partial charge < -0.3 is 15.5 Å². The Kier molecular flexibility index (Phi) is 4.87. The van der Waals surface area contributed by atoms with Crippen LogP contribution in [0.2, 0.25) is 0 Å². The van der Waals surface area contributed by atoms with Crippen LogP contribution in [0.25, 0.3) is 0 Å². The van der Waals surface area contributed by atoms with E-state index in [-0.39, 0.29) is 29.9 Å². The normalized spacial score (nSPS) is 25.5. The van der Waals surface area contributed by atoms with Crippen molar-refractivity contribution in [2.75, 3.05) is 27.2 Å². The highest BCUT2D eigenvalue weighted by Gasteiger charge is 2.38. The zero-order valence-corrected chi connectivity index (χ0v) is 10.8. The number of urea groups is 1. The van der Waals surface area contributed by atoms with Crippen molar-refractivity contribution in [3.8, 4) is 0 Å². The number of hydrogen-bond acceptors (Lipinski definition) is 2. The number of rotatable bonds is 1. The molecule has 1 saturated heterocycles. The molecular weight excluding hydrogens is 214 g/mol. The van der Waals surface area contributed by atoms with E-state index in [2.05, 4.69) is 25.8 Å². The van der Waals surface area contributed by atoms with Gasteiger partial charge >= 0.3 is 6.03 Å². The summed E-state index contributed by atoms with van der Waals surface area (Å²) in [7, 11) is 3.91. The van der Waals surface area contributed by atoms with Gasteiger partial charge in [0.2, 0.25) is 0 Å². The lowest BCUT2D eigenvalue weighted by atomic mass is 9.78. The highest BCUT2D eigenvalue weighted by Crippen LogP contribution is 2.31. The topological polar surface area (TPSA) is 49.6 Å². The molecule has 0 radical (unpaired) electrons. The highest BCUT2D eigenvalue weighted by molar-refractivity contribution is 5.85. The molecule has 0 aromatic heterocycles. The van der Waals surface area contributed by atoms with E-state index in [1.54, 1.807) is 11.9 Å². The molecule has 0 aromatic carbocycles. The first-order valence-corrected chi connectivity index (χ1v) is 5.05. The lowest BCUT2D eigenvalue weighted by Gasteiger charge is -2.46. The smallest absolute Gasteiger partial charge is 0.314 e. The molecule has 0 aliphatic carbocycles. The minimum atomic E-state index is -0.326. The fourth-order valence-corrected chi connectivity index (χ4v) is 2.48. The van der Waals surface area contributed by atoms with Crippen molar-refractivity contribution in [1.82, 2.24) is 9.80 Å². The number of likely N-dealkylation sites (tertiary alicyclic amines) is 1. The molecule has 2 N–H and O–H groups in total. The number of nitrogens with zero attached hydrogens (tertiary/aromatic N) is 2. The summed E-state index contributed by atoms with van der Waals surface area (Å²) < 4.78 is 0. The summed E-state index contributed by atoms with van der Waals surface area (Å²) in [6.07, 6.45) is 1.00. The molecule has 2 amide bonds. The van der Waals surface area contributed by atoms with E-state index in [1.165, 1.54) is 0 Å². The van der Waals surface area contributed by atoms with Crippen LogP contribution >= 0.6 is 12.4 Å². The lowest BCUT2D eigenvalue weighted by molar-refractivity contribution is 0.0473. The van der Waals surface area contributed by atoms with Crippen molar-refractivity contribution in [3.63, 3.8) is 0 Å². The maximum Gasteiger partial charge on any atom is 0.314 e. The second-order valence-electron chi connectivity index (χ2n) is 4.98. The largest absolute Gasteiger partial charge is 0.351 e. The number of halogens is 1. The average Bonchev–Trinajstić information content (AvgIpc) is 2.01. The van der Waals surface area contributed by atoms with E-state index in [4.69, 9.17) is 5.73 Å². The fraction of sp³-hybridized carbons (Fsp3) is 0.900. The molecule has 0 spiro atoms. The Bertz CT molecular complexity index is 233. The SMILES string of the molecule is CN1CCC(N(C)C(N)=O)C(C)(C)C1.Cl. The van der Waals surface area contributed by atoms with Gasteiger partial charge in [0.15, 0.2) is 0 Å². The number of amides is 2. The zero-order valence-electron chi connectivity index (χ0n) is 9.99. The van der Waals surface area contributed by atoms with Crippen molar-refractivity contribution in [2.24, 2.45) is 11.1 Å². The van der Waals surface area contributed by atoms with Crippen LogP contribution in [-0.2, 0) is 0 Å². The molecule has 1 rings (SSSR count). The number of hydrogen-bond donors (Lipinski definition) is 1. The number of primary amides is 1. The van der Waals surface area contributed by atoms with Gasteiger partial charge in [-0.25, -0.2) is 4.79 Å². The van der Waals surface area contributed by atoms with Gasteiger partial charge in [-0.05, 0) is 25.4 Å². The molecule has 1 heterocycles. The Hall–Kier alpha value is -0.480. The molecule has 0 saturated carbocycles. The zero-order chi connectivity index (χ0) is 10.9. The number of carbonyl (C=O) groups excluding carboxylic acids is 1. The van der Waals surface area contributed by atoms with Gasteiger partial charge in [0.05, 0.1) is 0 Å². The molecule has 1 aliphatic rings. The second-order valence-corrected chi connectivity index (χ2v) is 4.98. The predicted molar refractivity (Wildman–Crippen MR) is 64.3 cm³/mol. The molecule has 90 valence electrons. The van der Waals surface area contributed by atoms with Crippen LogP contribution in [0.1, 0.15) is 20.3 Å². The maximum absolute atomic E-state index is 11.1. The Labute approximate surface area is 98.2 Å². The minimum Gasteiger partial charge on any atom is -0.351 e. The first-order valence-electron chi connectivity index (χ1n) is 5.05. The molecule has 0 aromatic rings. The third kappa shape index (κ3) is 3.24. The van der Waals surface area contributed by atoms with Gasteiger partial charge in [0.25, 0.3) is 0 Å². The van der Waals surface area contributed by atoms with Gasteiger partial charge in [-0.15, -0.1) is 12.4 Å². The number of piperidine rings is 1.